The van der Waals surface area contributed by atoms with Gasteiger partial charge in [0.2, 0.25) is 14.9 Å². The second-order valence-electron chi connectivity index (χ2n) is 9.35. The third-order valence-electron chi connectivity index (χ3n) is 6.92. The van der Waals surface area contributed by atoms with Crippen molar-refractivity contribution in [3.63, 3.8) is 0 Å². The van der Waals surface area contributed by atoms with Gasteiger partial charge in [0.15, 0.2) is 5.65 Å². The summed E-state index contributed by atoms with van der Waals surface area (Å²) in [6, 6.07) is 11.5. The molecule has 2 atom stereocenters. The molecule has 1 aliphatic heterocycles. The van der Waals surface area contributed by atoms with Gasteiger partial charge in [0, 0.05) is 30.9 Å². The summed E-state index contributed by atoms with van der Waals surface area (Å²) in [5.41, 5.74) is 2.74. The van der Waals surface area contributed by atoms with Crippen LogP contribution in [0.3, 0.4) is 0 Å². The molecule has 5 rings (SSSR count). The molecule has 2 unspecified atom stereocenters. The molecule has 1 saturated heterocycles. The summed E-state index contributed by atoms with van der Waals surface area (Å²) in [5.74, 6) is 0. The van der Waals surface area contributed by atoms with Crippen LogP contribution in [0.1, 0.15) is 25.0 Å². The Labute approximate surface area is 197 Å². The predicted molar refractivity (Wildman–Crippen MR) is 131 cm³/mol. The zero-order valence-electron chi connectivity index (χ0n) is 19.9. The number of likely N-dealkylation sites (N-methyl/N-ethyl adjacent to an activating group) is 1. The van der Waals surface area contributed by atoms with Crippen LogP contribution in [0, 0.1) is 13.8 Å². The van der Waals surface area contributed by atoms with Crippen LogP contribution in [0.2, 0.25) is 0 Å². The molecule has 0 saturated carbocycles. The summed E-state index contributed by atoms with van der Waals surface area (Å²) in [4.78, 5) is 20.4. The van der Waals surface area contributed by atoms with Crippen molar-refractivity contribution in [2.24, 2.45) is 0 Å². The van der Waals surface area contributed by atoms with Crippen molar-refractivity contribution in [1.29, 1.82) is 0 Å². The molecule has 34 heavy (non-hydrogen) atoms. The van der Waals surface area contributed by atoms with Gasteiger partial charge in [-0.1, -0.05) is 22.9 Å². The van der Waals surface area contributed by atoms with Crippen LogP contribution >= 0.6 is 0 Å². The van der Waals surface area contributed by atoms with E-state index < -0.39 is 9.84 Å². The van der Waals surface area contributed by atoms with Crippen molar-refractivity contribution in [3.8, 4) is 0 Å². The van der Waals surface area contributed by atoms with E-state index in [0.717, 1.165) is 24.3 Å². The Balaban J connectivity index is 1.67. The maximum atomic E-state index is 13.5. The molecule has 178 valence electrons. The van der Waals surface area contributed by atoms with E-state index in [1.165, 1.54) is 4.52 Å². The molecular weight excluding hydrogens is 452 g/mol. The normalized spacial score (nSPS) is 19.9. The molecule has 0 bridgehead atoms. The zero-order chi connectivity index (χ0) is 24.4. The quantitative estimate of drug-likeness (QED) is 0.481. The van der Waals surface area contributed by atoms with Gasteiger partial charge in [-0.25, -0.2) is 8.42 Å². The van der Waals surface area contributed by atoms with Crippen LogP contribution in [0.4, 0.5) is 5.69 Å². The number of rotatable bonds is 3. The molecular formula is C24H28N6O3S. The van der Waals surface area contributed by atoms with E-state index in [9.17, 15) is 13.2 Å². The summed E-state index contributed by atoms with van der Waals surface area (Å²) >= 11 is 0. The minimum atomic E-state index is -3.99. The molecule has 1 fully saturated rings. The second kappa shape index (κ2) is 7.92. The van der Waals surface area contributed by atoms with Gasteiger partial charge in [-0.2, -0.15) is 4.52 Å². The number of anilines is 1. The summed E-state index contributed by atoms with van der Waals surface area (Å²) in [7, 11) is -1.86. The monoisotopic (exact) mass is 480 g/mol. The minimum absolute atomic E-state index is 0.0646. The highest BCUT2D eigenvalue weighted by atomic mass is 32.2. The Morgan fingerprint density at radius 2 is 1.74 bits per heavy atom. The number of benzene rings is 2. The molecule has 4 aromatic rings. The van der Waals surface area contributed by atoms with Gasteiger partial charge in [-0.15, -0.1) is 5.10 Å². The number of piperazine rings is 1. The van der Waals surface area contributed by atoms with Crippen LogP contribution in [-0.4, -0.2) is 65.4 Å². The number of hydrogen-bond acceptors (Lipinski definition) is 7. The summed E-state index contributed by atoms with van der Waals surface area (Å²) < 4.78 is 28.3. The summed E-state index contributed by atoms with van der Waals surface area (Å²) in [5, 5.41) is 8.32. The molecule has 0 amide bonds. The van der Waals surface area contributed by atoms with E-state index in [4.69, 9.17) is 0 Å². The molecule has 9 nitrogen and oxygen atoms in total. The van der Waals surface area contributed by atoms with Crippen molar-refractivity contribution < 1.29 is 8.42 Å². The van der Waals surface area contributed by atoms with Gasteiger partial charge < -0.3 is 9.88 Å². The Hall–Kier alpha value is -3.24. The number of aromatic nitrogens is 4. The van der Waals surface area contributed by atoms with Crippen LogP contribution < -0.4 is 10.5 Å². The molecule has 2 aromatic heterocycles. The van der Waals surface area contributed by atoms with Gasteiger partial charge in [-0.05, 0) is 64.6 Å². The Morgan fingerprint density at radius 3 is 2.41 bits per heavy atom. The number of aromatic amines is 1. The number of fused-ring (bicyclic) bond motifs is 3. The standard InChI is InChI=1S/C24H28N6O3S/c1-14-6-9-21(15(2)10-14)34(32,33)24-22-25-23(31)19-8-7-18(11-20(19)30(22)27-26-24)29-12-16(3)28(5)17(4)13-29/h6-11,16-17H,12-13H2,1-5H3,(H,25,31). The van der Waals surface area contributed by atoms with Crippen molar-refractivity contribution in [2.75, 3.05) is 25.0 Å². The molecule has 3 heterocycles. The fourth-order valence-electron chi connectivity index (χ4n) is 4.80. The van der Waals surface area contributed by atoms with Gasteiger partial charge in [0.25, 0.3) is 5.56 Å². The SMILES string of the molecule is Cc1ccc(S(=O)(=O)c2nnn3c2[nH]c(=O)c2ccc(N4CC(C)N(C)C(C)C4)cc23)c(C)c1. The molecule has 0 aliphatic carbocycles. The largest absolute Gasteiger partial charge is 0.368 e. The van der Waals surface area contributed by atoms with Crippen LogP contribution in [0.5, 0.6) is 0 Å². The van der Waals surface area contributed by atoms with Gasteiger partial charge in [-0.3, -0.25) is 9.69 Å². The summed E-state index contributed by atoms with van der Waals surface area (Å²) in [6.45, 7) is 9.72. The van der Waals surface area contributed by atoms with Crippen molar-refractivity contribution >= 4 is 32.1 Å². The molecule has 0 radical (unpaired) electrons. The van der Waals surface area contributed by atoms with E-state index in [-0.39, 0.29) is 21.1 Å². The highest BCUT2D eigenvalue weighted by Gasteiger charge is 2.29. The maximum Gasteiger partial charge on any atom is 0.259 e. The first-order valence-corrected chi connectivity index (χ1v) is 12.8. The van der Waals surface area contributed by atoms with E-state index >= 15 is 0 Å². The van der Waals surface area contributed by atoms with Gasteiger partial charge in [0.1, 0.15) is 0 Å². The lowest BCUT2D eigenvalue weighted by Gasteiger charge is -2.43. The van der Waals surface area contributed by atoms with E-state index in [2.05, 4.69) is 46.0 Å². The predicted octanol–water partition coefficient (Wildman–Crippen LogP) is 2.55. The van der Waals surface area contributed by atoms with Crippen molar-refractivity contribution in [1.82, 2.24) is 24.7 Å². The van der Waals surface area contributed by atoms with Crippen molar-refractivity contribution in [3.05, 3.63) is 57.9 Å². The lowest BCUT2D eigenvalue weighted by molar-refractivity contribution is 0.170. The minimum Gasteiger partial charge on any atom is -0.368 e. The number of H-pyrrole nitrogens is 1. The number of hydrogen-bond donors (Lipinski definition) is 1. The highest BCUT2D eigenvalue weighted by Crippen LogP contribution is 2.28. The fourth-order valence-corrected chi connectivity index (χ4v) is 6.28. The topological polar surface area (TPSA) is 104 Å². The summed E-state index contributed by atoms with van der Waals surface area (Å²) in [6.07, 6.45) is 0. The first kappa shape index (κ1) is 22.5. The molecule has 10 heteroatoms. The van der Waals surface area contributed by atoms with Crippen LogP contribution in [0.15, 0.2) is 51.1 Å². The number of nitrogens with zero attached hydrogens (tertiary/aromatic N) is 5. The molecule has 0 spiro atoms. The first-order chi connectivity index (χ1) is 16.1. The lowest BCUT2D eigenvalue weighted by Crippen LogP contribution is -2.55. The fraction of sp³-hybridized carbons (Fsp3) is 0.375. The number of aryl methyl sites for hydroxylation is 2. The Morgan fingerprint density at radius 1 is 1.03 bits per heavy atom. The van der Waals surface area contributed by atoms with Crippen LogP contribution in [-0.2, 0) is 9.84 Å². The third-order valence-corrected chi connectivity index (χ3v) is 8.75. The zero-order valence-corrected chi connectivity index (χ0v) is 20.7. The molecule has 2 aromatic carbocycles. The maximum absolute atomic E-state index is 13.5. The Kier molecular flexibility index (Phi) is 5.25. The lowest BCUT2D eigenvalue weighted by atomic mass is 10.1. The molecule has 1 aliphatic rings. The average molecular weight is 481 g/mol. The van der Waals surface area contributed by atoms with E-state index in [1.807, 2.05) is 19.1 Å². The molecule has 1 N–H and O–H groups in total. The first-order valence-electron chi connectivity index (χ1n) is 11.3. The number of nitrogens with one attached hydrogen (secondary N) is 1. The van der Waals surface area contributed by atoms with E-state index in [1.54, 1.807) is 31.2 Å². The Bertz CT molecular complexity index is 1580. The van der Waals surface area contributed by atoms with Gasteiger partial charge in [0.05, 0.1) is 15.8 Å². The highest BCUT2D eigenvalue weighted by molar-refractivity contribution is 7.91. The van der Waals surface area contributed by atoms with Crippen LogP contribution in [0.25, 0.3) is 16.6 Å². The average Bonchev–Trinajstić information content (AvgIpc) is 3.21. The van der Waals surface area contributed by atoms with Crippen molar-refractivity contribution in [2.45, 2.75) is 49.7 Å². The van der Waals surface area contributed by atoms with E-state index in [0.29, 0.717) is 28.6 Å². The smallest absolute Gasteiger partial charge is 0.259 e. The van der Waals surface area contributed by atoms with Gasteiger partial charge >= 0.3 is 0 Å². The second-order valence-corrected chi connectivity index (χ2v) is 11.2. The number of sulfone groups is 1. The third kappa shape index (κ3) is 3.48.